The van der Waals surface area contributed by atoms with E-state index in [0.717, 1.165) is 39.0 Å². The first-order valence-electron chi connectivity index (χ1n) is 8.03. The number of carboxylic acids is 1. The molecule has 122 valence electrons. The molecule has 0 aromatic rings. The largest absolute Gasteiger partial charge is 0.481 e. The van der Waals surface area contributed by atoms with E-state index in [0.29, 0.717) is 25.4 Å². The van der Waals surface area contributed by atoms with E-state index in [1.807, 2.05) is 4.90 Å². The molecule has 2 N–H and O–H groups in total. The van der Waals surface area contributed by atoms with Crippen LogP contribution < -0.4 is 5.32 Å². The molecule has 6 nitrogen and oxygen atoms in total. The highest BCUT2D eigenvalue weighted by atomic mass is 16.4. The number of amides is 2. The molecule has 1 fully saturated rings. The minimum Gasteiger partial charge on any atom is -0.481 e. The number of urea groups is 1. The Kier molecular flexibility index (Phi) is 8.12. The predicted octanol–water partition coefficient (Wildman–Crippen LogP) is 1.61. The molecule has 6 heteroatoms. The molecule has 21 heavy (non-hydrogen) atoms. The summed E-state index contributed by atoms with van der Waals surface area (Å²) >= 11 is 0. The molecule has 0 bridgehead atoms. The molecule has 0 radical (unpaired) electrons. The highest BCUT2D eigenvalue weighted by Crippen LogP contribution is 2.20. The van der Waals surface area contributed by atoms with Crippen LogP contribution in [0.4, 0.5) is 4.79 Å². The molecule has 0 aliphatic carbocycles. The third-order valence-electron chi connectivity index (χ3n) is 4.03. The maximum Gasteiger partial charge on any atom is 0.317 e. The van der Waals surface area contributed by atoms with Gasteiger partial charge < -0.3 is 20.2 Å². The van der Waals surface area contributed by atoms with Crippen molar-refractivity contribution in [1.29, 1.82) is 0 Å². The van der Waals surface area contributed by atoms with E-state index in [4.69, 9.17) is 5.11 Å². The van der Waals surface area contributed by atoms with E-state index in [1.54, 1.807) is 0 Å². The average Bonchev–Trinajstić information content (AvgIpc) is 2.93. The van der Waals surface area contributed by atoms with Crippen LogP contribution in [-0.4, -0.2) is 66.2 Å². The molecular weight excluding hydrogens is 270 g/mol. The summed E-state index contributed by atoms with van der Waals surface area (Å²) in [5.41, 5.74) is 0. The van der Waals surface area contributed by atoms with E-state index >= 15 is 0 Å². The Bertz CT molecular complexity index is 336. The van der Waals surface area contributed by atoms with Gasteiger partial charge in [-0.3, -0.25) is 4.79 Å². The standard InChI is InChI=1S/C15H29N3O3/c1-3-9-17(4-2)11-8-16-15(21)18-10-7-13(12-18)5-6-14(19)20/h13H,3-12H2,1-2H3,(H,16,21)(H,19,20). The zero-order valence-electron chi connectivity index (χ0n) is 13.3. The van der Waals surface area contributed by atoms with E-state index in [9.17, 15) is 9.59 Å². The molecule has 0 aromatic carbocycles. The Labute approximate surface area is 127 Å². The summed E-state index contributed by atoms with van der Waals surface area (Å²) in [6.07, 6.45) is 2.90. The monoisotopic (exact) mass is 299 g/mol. The average molecular weight is 299 g/mol. The summed E-state index contributed by atoms with van der Waals surface area (Å²) < 4.78 is 0. The Hall–Kier alpha value is -1.30. The van der Waals surface area contributed by atoms with Gasteiger partial charge in [0.05, 0.1) is 0 Å². The normalized spacial score (nSPS) is 18.2. The van der Waals surface area contributed by atoms with Crippen molar-refractivity contribution in [3.05, 3.63) is 0 Å². The zero-order valence-corrected chi connectivity index (χ0v) is 13.3. The number of carboxylic acid groups (broad SMARTS) is 1. The quantitative estimate of drug-likeness (QED) is 0.678. The number of hydrogen-bond donors (Lipinski definition) is 2. The van der Waals surface area contributed by atoms with Crippen molar-refractivity contribution >= 4 is 12.0 Å². The molecule has 1 aliphatic rings. The summed E-state index contributed by atoms with van der Waals surface area (Å²) in [4.78, 5) is 26.7. The number of carbonyl (C=O) groups is 2. The summed E-state index contributed by atoms with van der Waals surface area (Å²) in [5, 5.41) is 11.6. The van der Waals surface area contributed by atoms with Crippen LogP contribution in [0.1, 0.15) is 39.5 Å². The number of nitrogens with one attached hydrogen (secondary N) is 1. The highest BCUT2D eigenvalue weighted by molar-refractivity contribution is 5.74. The molecule has 0 saturated carbocycles. The predicted molar refractivity (Wildman–Crippen MR) is 82.4 cm³/mol. The molecule has 1 atom stereocenters. The van der Waals surface area contributed by atoms with Gasteiger partial charge in [0.1, 0.15) is 0 Å². The van der Waals surface area contributed by atoms with Crippen molar-refractivity contribution in [3.8, 4) is 0 Å². The molecule has 0 spiro atoms. The third kappa shape index (κ3) is 6.80. The summed E-state index contributed by atoms with van der Waals surface area (Å²) in [6, 6.07) is -0.0135. The van der Waals surface area contributed by atoms with Gasteiger partial charge in [0, 0.05) is 32.6 Å². The number of likely N-dealkylation sites (N-methyl/N-ethyl adjacent to an activating group) is 1. The maximum absolute atomic E-state index is 12.0. The highest BCUT2D eigenvalue weighted by Gasteiger charge is 2.26. The van der Waals surface area contributed by atoms with Crippen molar-refractivity contribution in [2.45, 2.75) is 39.5 Å². The SMILES string of the molecule is CCCN(CC)CCNC(=O)N1CCC(CCC(=O)O)C1. The van der Waals surface area contributed by atoms with Crippen LogP contribution in [0.15, 0.2) is 0 Å². The van der Waals surface area contributed by atoms with E-state index in [2.05, 4.69) is 24.1 Å². The summed E-state index contributed by atoms with van der Waals surface area (Å²) in [5.74, 6) is -0.424. The van der Waals surface area contributed by atoms with Crippen LogP contribution in [0.2, 0.25) is 0 Å². The van der Waals surface area contributed by atoms with Crippen LogP contribution >= 0.6 is 0 Å². The van der Waals surface area contributed by atoms with Gasteiger partial charge in [-0.15, -0.1) is 0 Å². The number of hydrogen-bond acceptors (Lipinski definition) is 3. The molecule has 2 amide bonds. The number of rotatable bonds is 9. The Morgan fingerprint density at radius 1 is 1.33 bits per heavy atom. The van der Waals surface area contributed by atoms with Gasteiger partial charge in [-0.25, -0.2) is 4.79 Å². The molecule has 1 aliphatic heterocycles. The van der Waals surface area contributed by atoms with Crippen LogP contribution in [0, 0.1) is 5.92 Å². The van der Waals surface area contributed by atoms with Crippen LogP contribution in [-0.2, 0) is 4.79 Å². The third-order valence-corrected chi connectivity index (χ3v) is 4.03. The van der Waals surface area contributed by atoms with Gasteiger partial charge >= 0.3 is 12.0 Å². The zero-order chi connectivity index (χ0) is 15.7. The molecule has 1 rings (SSSR count). The van der Waals surface area contributed by atoms with Crippen molar-refractivity contribution in [1.82, 2.24) is 15.1 Å². The molecule has 1 heterocycles. The minimum absolute atomic E-state index is 0.0135. The van der Waals surface area contributed by atoms with E-state index in [1.165, 1.54) is 0 Å². The fourth-order valence-electron chi connectivity index (χ4n) is 2.76. The first-order valence-corrected chi connectivity index (χ1v) is 8.03. The number of nitrogens with zero attached hydrogens (tertiary/aromatic N) is 2. The fourth-order valence-corrected chi connectivity index (χ4v) is 2.76. The second-order valence-electron chi connectivity index (χ2n) is 5.70. The van der Waals surface area contributed by atoms with Gasteiger partial charge in [0.25, 0.3) is 0 Å². The lowest BCUT2D eigenvalue weighted by molar-refractivity contribution is -0.137. The summed E-state index contributed by atoms with van der Waals surface area (Å²) in [6.45, 7) is 9.33. The van der Waals surface area contributed by atoms with Gasteiger partial charge in [0.15, 0.2) is 0 Å². The van der Waals surface area contributed by atoms with E-state index in [-0.39, 0.29) is 12.5 Å². The summed E-state index contributed by atoms with van der Waals surface area (Å²) in [7, 11) is 0. The first-order chi connectivity index (χ1) is 10.1. The van der Waals surface area contributed by atoms with Crippen molar-refractivity contribution < 1.29 is 14.7 Å². The van der Waals surface area contributed by atoms with Crippen molar-refractivity contribution in [2.24, 2.45) is 5.92 Å². The molecule has 0 aromatic heterocycles. The second kappa shape index (κ2) is 9.60. The van der Waals surface area contributed by atoms with Gasteiger partial charge in [-0.2, -0.15) is 0 Å². The Morgan fingerprint density at radius 3 is 2.71 bits per heavy atom. The van der Waals surface area contributed by atoms with E-state index < -0.39 is 5.97 Å². The smallest absolute Gasteiger partial charge is 0.317 e. The van der Waals surface area contributed by atoms with Crippen LogP contribution in [0.3, 0.4) is 0 Å². The van der Waals surface area contributed by atoms with Gasteiger partial charge in [0.2, 0.25) is 0 Å². The topological polar surface area (TPSA) is 72.9 Å². The van der Waals surface area contributed by atoms with Crippen LogP contribution in [0.5, 0.6) is 0 Å². The lowest BCUT2D eigenvalue weighted by Crippen LogP contribution is -2.42. The maximum atomic E-state index is 12.0. The van der Waals surface area contributed by atoms with Gasteiger partial charge in [-0.05, 0) is 38.3 Å². The van der Waals surface area contributed by atoms with Crippen molar-refractivity contribution in [3.63, 3.8) is 0 Å². The molecule has 1 saturated heterocycles. The lowest BCUT2D eigenvalue weighted by Gasteiger charge is -2.21. The van der Waals surface area contributed by atoms with Crippen molar-refractivity contribution in [2.75, 3.05) is 39.3 Å². The first kappa shape index (κ1) is 17.8. The lowest BCUT2D eigenvalue weighted by atomic mass is 10.0. The fraction of sp³-hybridized carbons (Fsp3) is 0.867. The Morgan fingerprint density at radius 2 is 2.10 bits per heavy atom. The molecular formula is C15H29N3O3. The number of likely N-dealkylation sites (tertiary alicyclic amines) is 1. The number of aliphatic carboxylic acids is 1. The Balaban J connectivity index is 2.19. The second-order valence-corrected chi connectivity index (χ2v) is 5.70. The molecule has 1 unspecified atom stereocenters. The van der Waals surface area contributed by atoms with Crippen LogP contribution in [0.25, 0.3) is 0 Å². The van der Waals surface area contributed by atoms with Gasteiger partial charge in [-0.1, -0.05) is 13.8 Å². The number of carbonyl (C=O) groups excluding carboxylic acids is 1. The minimum atomic E-state index is -0.756.